The van der Waals surface area contributed by atoms with Crippen LogP contribution >= 0.6 is 0 Å². The summed E-state index contributed by atoms with van der Waals surface area (Å²) in [5, 5.41) is 8.89. The molecule has 2 rings (SSSR count). The third-order valence-corrected chi connectivity index (χ3v) is 3.27. The molecular formula is C13H14O3. The van der Waals surface area contributed by atoms with Gasteiger partial charge in [-0.25, -0.2) is 4.79 Å². The highest BCUT2D eigenvalue weighted by Crippen LogP contribution is 2.36. The minimum atomic E-state index is -0.987. The van der Waals surface area contributed by atoms with Crippen LogP contribution in [0.3, 0.4) is 0 Å². The molecule has 84 valence electrons. The second-order valence-electron chi connectivity index (χ2n) is 4.87. The van der Waals surface area contributed by atoms with Gasteiger partial charge in [0, 0.05) is 12.0 Å². The Labute approximate surface area is 94.1 Å². The number of carboxylic acids is 1. The van der Waals surface area contributed by atoms with E-state index in [-0.39, 0.29) is 16.8 Å². The fourth-order valence-electron chi connectivity index (χ4n) is 2.19. The van der Waals surface area contributed by atoms with E-state index in [4.69, 9.17) is 5.11 Å². The van der Waals surface area contributed by atoms with Gasteiger partial charge >= 0.3 is 5.97 Å². The van der Waals surface area contributed by atoms with Crippen LogP contribution in [0.1, 0.15) is 53.0 Å². The lowest BCUT2D eigenvalue weighted by molar-refractivity contribution is 0.0697. The molecule has 1 aromatic carbocycles. The van der Waals surface area contributed by atoms with Crippen molar-refractivity contribution in [1.29, 1.82) is 0 Å². The van der Waals surface area contributed by atoms with Crippen LogP contribution in [0.15, 0.2) is 18.2 Å². The SMILES string of the molecule is CC1(C)CCC(=O)c2cc(C(=O)O)ccc21. The molecule has 16 heavy (non-hydrogen) atoms. The maximum atomic E-state index is 11.8. The van der Waals surface area contributed by atoms with Gasteiger partial charge in [0.15, 0.2) is 5.78 Å². The molecule has 1 aliphatic rings. The van der Waals surface area contributed by atoms with E-state index in [0.29, 0.717) is 12.0 Å². The lowest BCUT2D eigenvalue weighted by atomic mass is 9.72. The minimum Gasteiger partial charge on any atom is -0.478 e. The quantitative estimate of drug-likeness (QED) is 0.788. The Hall–Kier alpha value is -1.64. The van der Waals surface area contributed by atoms with Gasteiger partial charge in [-0.1, -0.05) is 19.9 Å². The molecule has 0 atom stereocenters. The van der Waals surface area contributed by atoms with Crippen LogP contribution in [0.2, 0.25) is 0 Å². The van der Waals surface area contributed by atoms with E-state index in [1.54, 1.807) is 12.1 Å². The van der Waals surface area contributed by atoms with E-state index < -0.39 is 5.97 Å². The van der Waals surface area contributed by atoms with Crippen molar-refractivity contribution in [3.8, 4) is 0 Å². The summed E-state index contributed by atoms with van der Waals surface area (Å²) in [5.41, 5.74) is 1.69. The number of fused-ring (bicyclic) bond motifs is 1. The zero-order valence-corrected chi connectivity index (χ0v) is 9.41. The molecule has 0 fully saturated rings. The van der Waals surface area contributed by atoms with Crippen molar-refractivity contribution in [2.75, 3.05) is 0 Å². The maximum Gasteiger partial charge on any atom is 0.335 e. The molecule has 0 amide bonds. The molecule has 3 heteroatoms. The van der Waals surface area contributed by atoms with Gasteiger partial charge in [-0.15, -0.1) is 0 Å². The Morgan fingerprint density at radius 2 is 2.06 bits per heavy atom. The molecule has 1 aliphatic carbocycles. The van der Waals surface area contributed by atoms with Gasteiger partial charge in [-0.3, -0.25) is 4.79 Å². The van der Waals surface area contributed by atoms with E-state index in [0.717, 1.165) is 12.0 Å². The molecule has 0 aliphatic heterocycles. The highest BCUT2D eigenvalue weighted by atomic mass is 16.4. The van der Waals surface area contributed by atoms with Crippen LogP contribution in [0.25, 0.3) is 0 Å². The molecule has 1 aromatic rings. The van der Waals surface area contributed by atoms with Gasteiger partial charge in [0.1, 0.15) is 0 Å². The van der Waals surface area contributed by atoms with Crippen molar-refractivity contribution in [2.24, 2.45) is 0 Å². The number of Topliss-reactive ketones (excluding diaryl/α,β-unsaturated/α-hetero) is 1. The van der Waals surface area contributed by atoms with Crippen molar-refractivity contribution in [3.63, 3.8) is 0 Å². The second-order valence-corrected chi connectivity index (χ2v) is 4.87. The summed E-state index contributed by atoms with van der Waals surface area (Å²) in [6.07, 6.45) is 1.33. The number of hydrogen-bond donors (Lipinski definition) is 1. The van der Waals surface area contributed by atoms with E-state index in [2.05, 4.69) is 13.8 Å². The van der Waals surface area contributed by atoms with E-state index in [1.807, 2.05) is 0 Å². The predicted molar refractivity (Wildman–Crippen MR) is 60.0 cm³/mol. The first-order chi connectivity index (χ1) is 7.42. The predicted octanol–water partition coefficient (Wildman–Crippen LogP) is 2.64. The monoisotopic (exact) mass is 218 g/mol. The molecule has 3 nitrogen and oxygen atoms in total. The molecule has 0 heterocycles. The largest absolute Gasteiger partial charge is 0.478 e. The van der Waals surface area contributed by atoms with Gasteiger partial charge < -0.3 is 5.11 Å². The Balaban J connectivity index is 2.60. The van der Waals surface area contributed by atoms with Crippen LogP contribution in [0.4, 0.5) is 0 Å². The first-order valence-electron chi connectivity index (χ1n) is 5.33. The summed E-state index contributed by atoms with van der Waals surface area (Å²) in [5.74, 6) is -0.934. The summed E-state index contributed by atoms with van der Waals surface area (Å²) in [7, 11) is 0. The molecule has 0 spiro atoms. The lowest BCUT2D eigenvalue weighted by Gasteiger charge is -2.31. The van der Waals surface area contributed by atoms with Gasteiger partial charge in [0.2, 0.25) is 0 Å². The summed E-state index contributed by atoms with van der Waals surface area (Å²) < 4.78 is 0. The number of carbonyl (C=O) groups is 2. The molecule has 0 saturated heterocycles. The number of aromatic carboxylic acids is 1. The summed E-state index contributed by atoms with van der Waals surface area (Å²) >= 11 is 0. The van der Waals surface area contributed by atoms with Crippen LogP contribution in [0, 0.1) is 0 Å². The fraction of sp³-hybridized carbons (Fsp3) is 0.385. The highest BCUT2D eigenvalue weighted by molar-refractivity contribution is 6.01. The van der Waals surface area contributed by atoms with E-state index in [9.17, 15) is 9.59 Å². The molecule has 0 aromatic heterocycles. The summed E-state index contributed by atoms with van der Waals surface area (Å²) in [6, 6.07) is 4.85. The summed E-state index contributed by atoms with van der Waals surface area (Å²) in [4.78, 5) is 22.6. The van der Waals surface area contributed by atoms with Gasteiger partial charge in [0.05, 0.1) is 5.56 Å². The zero-order chi connectivity index (χ0) is 11.9. The second kappa shape index (κ2) is 3.44. The van der Waals surface area contributed by atoms with Crippen LogP contribution < -0.4 is 0 Å². The van der Waals surface area contributed by atoms with Crippen molar-refractivity contribution in [3.05, 3.63) is 34.9 Å². The Morgan fingerprint density at radius 1 is 1.38 bits per heavy atom. The Kier molecular flexibility index (Phi) is 2.34. The summed E-state index contributed by atoms with van der Waals surface area (Å²) in [6.45, 7) is 4.16. The first kappa shape index (κ1) is 10.9. The molecule has 0 radical (unpaired) electrons. The number of carboxylic acid groups (broad SMARTS) is 1. The number of ketones is 1. The highest BCUT2D eigenvalue weighted by Gasteiger charge is 2.31. The van der Waals surface area contributed by atoms with Crippen LogP contribution in [-0.2, 0) is 5.41 Å². The lowest BCUT2D eigenvalue weighted by Crippen LogP contribution is -2.27. The minimum absolute atomic E-state index is 0.0414. The number of benzene rings is 1. The topological polar surface area (TPSA) is 54.4 Å². The normalized spacial score (nSPS) is 18.0. The third-order valence-electron chi connectivity index (χ3n) is 3.27. The smallest absolute Gasteiger partial charge is 0.335 e. The number of hydrogen-bond acceptors (Lipinski definition) is 2. The maximum absolute atomic E-state index is 11.8. The van der Waals surface area contributed by atoms with Crippen molar-refractivity contribution < 1.29 is 14.7 Å². The van der Waals surface area contributed by atoms with Gasteiger partial charge in [-0.2, -0.15) is 0 Å². The van der Waals surface area contributed by atoms with Gasteiger partial charge in [-0.05, 0) is 29.5 Å². The van der Waals surface area contributed by atoms with Crippen LogP contribution in [0.5, 0.6) is 0 Å². The number of rotatable bonds is 1. The third kappa shape index (κ3) is 1.62. The average Bonchev–Trinajstić information content (AvgIpc) is 2.23. The molecular weight excluding hydrogens is 204 g/mol. The molecule has 0 bridgehead atoms. The fourth-order valence-corrected chi connectivity index (χ4v) is 2.19. The van der Waals surface area contributed by atoms with E-state index in [1.165, 1.54) is 6.07 Å². The van der Waals surface area contributed by atoms with Crippen molar-refractivity contribution in [1.82, 2.24) is 0 Å². The molecule has 1 N–H and O–H groups in total. The molecule has 0 unspecified atom stereocenters. The zero-order valence-electron chi connectivity index (χ0n) is 9.41. The Bertz CT molecular complexity index is 472. The molecule has 0 saturated carbocycles. The van der Waals surface area contributed by atoms with Crippen molar-refractivity contribution >= 4 is 11.8 Å². The van der Waals surface area contributed by atoms with Crippen molar-refractivity contribution in [2.45, 2.75) is 32.1 Å². The number of carbonyl (C=O) groups excluding carboxylic acids is 1. The first-order valence-corrected chi connectivity index (χ1v) is 5.33. The van der Waals surface area contributed by atoms with E-state index >= 15 is 0 Å². The van der Waals surface area contributed by atoms with Gasteiger partial charge in [0.25, 0.3) is 0 Å². The standard InChI is InChI=1S/C13H14O3/c1-13(2)6-5-11(14)9-7-8(12(15)16)3-4-10(9)13/h3-4,7H,5-6H2,1-2H3,(H,15,16). The van der Waals surface area contributed by atoms with Crippen LogP contribution in [-0.4, -0.2) is 16.9 Å². The average molecular weight is 218 g/mol. The Morgan fingerprint density at radius 3 is 2.69 bits per heavy atom.